The summed E-state index contributed by atoms with van der Waals surface area (Å²) < 4.78 is 11.1. The van der Waals surface area contributed by atoms with Crippen LogP contribution in [0.25, 0.3) is 0 Å². The highest BCUT2D eigenvalue weighted by Crippen LogP contribution is 1.95. The molecule has 0 aromatic heterocycles. The monoisotopic (exact) mass is 165 g/mol. The highest BCUT2D eigenvalue weighted by atomic mass is 32.2. The van der Waals surface area contributed by atoms with Crippen molar-refractivity contribution in [1.82, 2.24) is 0 Å². The zero-order valence-electron chi connectivity index (χ0n) is 6.41. The lowest BCUT2D eigenvalue weighted by Crippen LogP contribution is -2.27. The Morgan fingerprint density at radius 3 is 2.40 bits per heavy atom. The molecule has 4 heteroatoms. The standard InChI is InChI=1S/C6H15NO2S/c1-5(8)4-10(9)6(2)3-7/h5-6,8H,3-4,7H2,1-2H3. The van der Waals surface area contributed by atoms with Gasteiger partial charge in [0.05, 0.1) is 6.10 Å². The van der Waals surface area contributed by atoms with E-state index in [1.165, 1.54) is 0 Å². The molecule has 0 fully saturated rings. The average molecular weight is 165 g/mol. The van der Waals surface area contributed by atoms with Crippen LogP contribution in [0, 0.1) is 0 Å². The fraction of sp³-hybridized carbons (Fsp3) is 1.00. The molecule has 10 heavy (non-hydrogen) atoms. The number of aliphatic hydroxyl groups is 1. The fourth-order valence-electron chi connectivity index (χ4n) is 0.509. The lowest BCUT2D eigenvalue weighted by atomic mass is 10.5. The first-order valence-corrected chi connectivity index (χ1v) is 4.71. The van der Waals surface area contributed by atoms with E-state index in [1.54, 1.807) is 6.92 Å². The van der Waals surface area contributed by atoms with Crippen molar-refractivity contribution in [3.8, 4) is 0 Å². The van der Waals surface area contributed by atoms with E-state index in [-0.39, 0.29) is 5.25 Å². The normalized spacial score (nSPS) is 20.0. The van der Waals surface area contributed by atoms with Crippen molar-refractivity contribution >= 4 is 10.8 Å². The zero-order chi connectivity index (χ0) is 8.15. The second kappa shape index (κ2) is 4.82. The molecule has 62 valence electrons. The van der Waals surface area contributed by atoms with Crippen LogP contribution in [-0.4, -0.2) is 33.0 Å². The van der Waals surface area contributed by atoms with E-state index in [9.17, 15) is 4.21 Å². The van der Waals surface area contributed by atoms with E-state index in [4.69, 9.17) is 10.8 Å². The second-order valence-corrected chi connectivity index (χ2v) is 4.34. The molecule has 0 saturated carbocycles. The summed E-state index contributed by atoms with van der Waals surface area (Å²) in [7, 11) is -0.970. The number of hydrogen-bond acceptors (Lipinski definition) is 3. The van der Waals surface area contributed by atoms with Gasteiger partial charge in [0.1, 0.15) is 0 Å². The highest BCUT2D eigenvalue weighted by molar-refractivity contribution is 7.85. The van der Waals surface area contributed by atoms with Crippen molar-refractivity contribution in [1.29, 1.82) is 0 Å². The van der Waals surface area contributed by atoms with Gasteiger partial charge in [-0.3, -0.25) is 4.21 Å². The lowest BCUT2D eigenvalue weighted by molar-refractivity contribution is 0.219. The predicted molar refractivity (Wildman–Crippen MR) is 43.2 cm³/mol. The van der Waals surface area contributed by atoms with Gasteiger partial charge >= 0.3 is 0 Å². The first-order valence-electron chi connectivity index (χ1n) is 3.33. The molecule has 3 unspecified atom stereocenters. The van der Waals surface area contributed by atoms with Gasteiger partial charge in [0, 0.05) is 28.3 Å². The summed E-state index contributed by atoms with van der Waals surface area (Å²) in [6, 6.07) is 0. The number of hydrogen-bond donors (Lipinski definition) is 2. The Kier molecular flexibility index (Phi) is 4.85. The van der Waals surface area contributed by atoms with Crippen LogP contribution in [-0.2, 0) is 10.8 Å². The summed E-state index contributed by atoms with van der Waals surface area (Å²) >= 11 is 0. The number of aliphatic hydroxyl groups excluding tert-OH is 1. The highest BCUT2D eigenvalue weighted by Gasteiger charge is 2.10. The molecule has 0 aliphatic carbocycles. The van der Waals surface area contributed by atoms with Gasteiger partial charge in [-0.2, -0.15) is 0 Å². The molecule has 0 spiro atoms. The molecule has 3 N–H and O–H groups in total. The molecule has 0 aromatic carbocycles. The van der Waals surface area contributed by atoms with Crippen LogP contribution in [0.3, 0.4) is 0 Å². The summed E-state index contributed by atoms with van der Waals surface area (Å²) in [5.41, 5.74) is 5.27. The van der Waals surface area contributed by atoms with Crippen molar-refractivity contribution in [2.45, 2.75) is 25.2 Å². The molecule has 0 amide bonds. The van der Waals surface area contributed by atoms with Gasteiger partial charge in [-0.05, 0) is 13.8 Å². The fourth-order valence-corrected chi connectivity index (χ4v) is 1.53. The molecular formula is C6H15NO2S. The third-order valence-electron chi connectivity index (χ3n) is 1.19. The van der Waals surface area contributed by atoms with Crippen LogP contribution in [0.5, 0.6) is 0 Å². The Morgan fingerprint density at radius 1 is 1.60 bits per heavy atom. The third kappa shape index (κ3) is 3.98. The van der Waals surface area contributed by atoms with Crippen molar-refractivity contribution in [3.05, 3.63) is 0 Å². The van der Waals surface area contributed by atoms with Gasteiger partial charge in [0.15, 0.2) is 0 Å². The maximum absolute atomic E-state index is 11.1. The Labute approximate surface area is 64.1 Å². The summed E-state index contributed by atoms with van der Waals surface area (Å²) in [5, 5.41) is 8.83. The molecule has 0 aliphatic heterocycles. The minimum atomic E-state index is -0.970. The van der Waals surface area contributed by atoms with Gasteiger partial charge in [0.25, 0.3) is 0 Å². The Balaban J connectivity index is 3.62. The van der Waals surface area contributed by atoms with E-state index < -0.39 is 16.9 Å². The van der Waals surface area contributed by atoms with Crippen molar-refractivity contribution in [2.24, 2.45) is 5.73 Å². The quantitative estimate of drug-likeness (QED) is 0.588. The molecular weight excluding hydrogens is 150 g/mol. The van der Waals surface area contributed by atoms with E-state index in [0.717, 1.165) is 0 Å². The second-order valence-electron chi connectivity index (χ2n) is 2.44. The van der Waals surface area contributed by atoms with Crippen molar-refractivity contribution in [2.75, 3.05) is 12.3 Å². The predicted octanol–water partition coefficient (Wildman–Crippen LogP) is -0.537. The maximum atomic E-state index is 11.1. The molecule has 0 rings (SSSR count). The third-order valence-corrected chi connectivity index (χ3v) is 3.09. The SMILES string of the molecule is CC(O)CS(=O)C(C)CN. The molecule has 3 nitrogen and oxygen atoms in total. The van der Waals surface area contributed by atoms with Crippen LogP contribution in [0.4, 0.5) is 0 Å². The lowest BCUT2D eigenvalue weighted by Gasteiger charge is -2.09. The molecule has 0 aromatic rings. The largest absolute Gasteiger partial charge is 0.392 e. The summed E-state index contributed by atoms with van der Waals surface area (Å²) in [5.74, 6) is 0.332. The Hall–Kier alpha value is 0.0700. The van der Waals surface area contributed by atoms with Gasteiger partial charge in [0.2, 0.25) is 0 Å². The van der Waals surface area contributed by atoms with Gasteiger partial charge < -0.3 is 10.8 Å². The molecule has 0 saturated heterocycles. The van der Waals surface area contributed by atoms with E-state index in [1.807, 2.05) is 6.92 Å². The Morgan fingerprint density at radius 2 is 2.10 bits per heavy atom. The average Bonchev–Trinajstić information content (AvgIpc) is 1.85. The molecule has 0 aliphatic rings. The van der Waals surface area contributed by atoms with Crippen LogP contribution in [0.2, 0.25) is 0 Å². The van der Waals surface area contributed by atoms with Crippen molar-refractivity contribution in [3.63, 3.8) is 0 Å². The van der Waals surface area contributed by atoms with Crippen LogP contribution >= 0.6 is 0 Å². The molecule has 3 atom stereocenters. The number of rotatable bonds is 4. The molecule has 0 heterocycles. The van der Waals surface area contributed by atoms with Crippen LogP contribution in [0.1, 0.15) is 13.8 Å². The van der Waals surface area contributed by atoms with Gasteiger partial charge in [-0.15, -0.1) is 0 Å². The van der Waals surface area contributed by atoms with Gasteiger partial charge in [-0.25, -0.2) is 0 Å². The minimum absolute atomic E-state index is 0.00500. The Bertz CT molecular complexity index is 116. The van der Waals surface area contributed by atoms with Crippen LogP contribution in [0.15, 0.2) is 0 Å². The zero-order valence-corrected chi connectivity index (χ0v) is 7.23. The molecule has 0 radical (unpaired) electrons. The van der Waals surface area contributed by atoms with E-state index >= 15 is 0 Å². The number of nitrogens with two attached hydrogens (primary N) is 1. The summed E-state index contributed by atoms with van der Waals surface area (Å²) in [6.45, 7) is 3.86. The first-order chi connectivity index (χ1) is 4.57. The maximum Gasteiger partial charge on any atom is 0.0627 e. The first kappa shape index (κ1) is 10.1. The summed E-state index contributed by atoms with van der Waals surface area (Å²) in [6.07, 6.45) is -0.491. The van der Waals surface area contributed by atoms with Crippen LogP contribution < -0.4 is 5.73 Å². The van der Waals surface area contributed by atoms with E-state index in [0.29, 0.717) is 12.3 Å². The van der Waals surface area contributed by atoms with E-state index in [2.05, 4.69) is 0 Å². The minimum Gasteiger partial charge on any atom is -0.392 e. The molecule has 0 bridgehead atoms. The van der Waals surface area contributed by atoms with Gasteiger partial charge in [-0.1, -0.05) is 0 Å². The summed E-state index contributed by atoms with van der Waals surface area (Å²) in [4.78, 5) is 0. The smallest absolute Gasteiger partial charge is 0.0627 e. The topological polar surface area (TPSA) is 63.3 Å². The van der Waals surface area contributed by atoms with Crippen molar-refractivity contribution < 1.29 is 9.32 Å².